The van der Waals surface area contributed by atoms with Crippen molar-refractivity contribution in [2.45, 2.75) is 45.7 Å². The zero-order valence-electron chi connectivity index (χ0n) is 25.0. The van der Waals surface area contributed by atoms with E-state index in [1.165, 1.54) is 17.6 Å². The van der Waals surface area contributed by atoms with Crippen molar-refractivity contribution < 1.29 is 17.9 Å². The molecule has 0 unspecified atom stereocenters. The molecular weight excluding hydrogens is 589 g/mol. The molecule has 1 aromatic carbocycles. The van der Waals surface area contributed by atoms with E-state index in [0.717, 1.165) is 24.0 Å². The predicted molar refractivity (Wildman–Crippen MR) is 170 cm³/mol. The molecule has 5 aromatic rings. The van der Waals surface area contributed by atoms with Gasteiger partial charge in [0.2, 0.25) is 5.95 Å². The first kappa shape index (κ1) is 33.2. The zero-order chi connectivity index (χ0) is 31.4. The van der Waals surface area contributed by atoms with E-state index in [-0.39, 0.29) is 4.90 Å². The summed E-state index contributed by atoms with van der Waals surface area (Å²) in [6, 6.07) is 10.5. The molecule has 4 aromatic heterocycles. The largest absolute Gasteiger partial charge is 0.385 e. The lowest BCUT2D eigenvalue weighted by molar-refractivity contribution is 0.112. The van der Waals surface area contributed by atoms with Gasteiger partial charge in [0.25, 0.3) is 0 Å². The van der Waals surface area contributed by atoms with Crippen molar-refractivity contribution in [3.8, 4) is 0 Å². The van der Waals surface area contributed by atoms with Gasteiger partial charge in [-0.1, -0.05) is 37.3 Å². The highest BCUT2D eigenvalue weighted by Crippen LogP contribution is 2.27. The fourth-order valence-electron chi connectivity index (χ4n) is 3.63. The summed E-state index contributed by atoms with van der Waals surface area (Å²) < 4.78 is 30.0. The molecule has 0 radical (unpaired) electrons. The maximum absolute atomic E-state index is 11.8. The average Bonchev–Trinajstić information content (AvgIpc) is 3.59. The third kappa shape index (κ3) is 9.11. The first-order valence-corrected chi connectivity index (χ1v) is 16.3. The molecule has 14 heteroatoms. The van der Waals surface area contributed by atoms with Crippen molar-refractivity contribution in [3.63, 3.8) is 0 Å². The van der Waals surface area contributed by atoms with Gasteiger partial charge in [-0.2, -0.15) is 9.97 Å². The van der Waals surface area contributed by atoms with Crippen molar-refractivity contribution in [2.24, 2.45) is 0 Å². The normalized spacial score (nSPS) is 10.7. The summed E-state index contributed by atoms with van der Waals surface area (Å²) in [5, 5.41) is 6.93. The zero-order valence-corrected chi connectivity index (χ0v) is 26.7. The maximum atomic E-state index is 11.8. The van der Waals surface area contributed by atoms with Gasteiger partial charge in [-0.05, 0) is 49.2 Å². The van der Waals surface area contributed by atoms with Gasteiger partial charge in [0.15, 0.2) is 38.2 Å². The summed E-state index contributed by atoms with van der Waals surface area (Å²) in [6.07, 6.45) is 7.06. The molecule has 0 aliphatic heterocycles. The number of aromatic nitrogens is 6. The number of anilines is 3. The summed E-state index contributed by atoms with van der Waals surface area (Å²) in [4.78, 5) is 34.3. The number of aryl methyl sites for hydroxylation is 1. The molecule has 0 amide bonds. The number of imidazole rings is 1. The van der Waals surface area contributed by atoms with E-state index in [1.54, 1.807) is 57.0 Å². The Hall–Kier alpha value is -4.27. The van der Waals surface area contributed by atoms with Crippen LogP contribution < -0.4 is 10.6 Å². The van der Waals surface area contributed by atoms with Crippen LogP contribution in [0.2, 0.25) is 0 Å². The van der Waals surface area contributed by atoms with Gasteiger partial charge in [0.05, 0.1) is 28.3 Å². The SMILES string of the molecule is CC.CCOC.Cc1nc(Nc2nc(NCc3ccncc3)c3ncn(Cc4ccc(S(C)(=O)=O)cc4)c3n2)sc1C=O. The van der Waals surface area contributed by atoms with Gasteiger partial charge in [0, 0.05) is 38.9 Å². The number of rotatable bonds is 10. The van der Waals surface area contributed by atoms with Crippen molar-refractivity contribution in [1.82, 2.24) is 29.5 Å². The molecule has 0 fully saturated rings. The number of fused-ring (bicyclic) bond motifs is 1. The highest BCUT2D eigenvalue weighted by atomic mass is 32.2. The predicted octanol–water partition coefficient (Wildman–Crippen LogP) is 5.29. The number of carbonyl (C=O) groups excluding carboxylic acids is 1. The van der Waals surface area contributed by atoms with E-state index >= 15 is 0 Å². The fourth-order valence-corrected chi connectivity index (χ4v) is 5.04. The van der Waals surface area contributed by atoms with Crippen molar-refractivity contribution >= 4 is 55.5 Å². The van der Waals surface area contributed by atoms with Gasteiger partial charge in [-0.3, -0.25) is 15.1 Å². The second kappa shape index (κ2) is 15.8. The summed E-state index contributed by atoms with van der Waals surface area (Å²) >= 11 is 1.22. The Balaban J connectivity index is 0.000000780. The lowest BCUT2D eigenvalue weighted by Crippen LogP contribution is -2.07. The molecule has 12 nitrogen and oxygen atoms in total. The van der Waals surface area contributed by atoms with E-state index in [2.05, 4.69) is 40.3 Å². The van der Waals surface area contributed by atoms with Gasteiger partial charge >= 0.3 is 0 Å². The topological polar surface area (TPSA) is 154 Å². The van der Waals surface area contributed by atoms with Crippen LogP contribution in [-0.4, -0.2) is 64.2 Å². The van der Waals surface area contributed by atoms with Crippen molar-refractivity contribution in [2.75, 3.05) is 30.6 Å². The van der Waals surface area contributed by atoms with Crippen LogP contribution in [0.4, 0.5) is 16.9 Å². The number of thiazole rings is 1. The van der Waals surface area contributed by atoms with Crippen LogP contribution in [0.15, 0.2) is 60.0 Å². The molecular formula is C29H36N8O4S2. The molecule has 228 valence electrons. The van der Waals surface area contributed by atoms with E-state index < -0.39 is 9.84 Å². The molecule has 0 spiro atoms. The lowest BCUT2D eigenvalue weighted by Gasteiger charge is -2.10. The minimum atomic E-state index is -3.28. The average molecular weight is 625 g/mol. The number of carbonyl (C=O) groups is 1. The number of aldehydes is 1. The highest BCUT2D eigenvalue weighted by Gasteiger charge is 2.16. The third-order valence-electron chi connectivity index (χ3n) is 5.82. The minimum Gasteiger partial charge on any atom is -0.385 e. The number of nitrogens with zero attached hydrogens (tertiary/aromatic N) is 6. The van der Waals surface area contributed by atoms with Crippen LogP contribution in [-0.2, 0) is 27.7 Å². The van der Waals surface area contributed by atoms with Crippen LogP contribution in [0.5, 0.6) is 0 Å². The van der Waals surface area contributed by atoms with Gasteiger partial charge in [0.1, 0.15) is 0 Å². The third-order valence-corrected chi connectivity index (χ3v) is 7.95. The molecule has 0 bridgehead atoms. The molecule has 0 aliphatic rings. The number of methoxy groups -OCH3 is 1. The number of benzene rings is 1. The van der Waals surface area contributed by atoms with Gasteiger partial charge in [-0.15, -0.1) is 0 Å². The second-order valence-electron chi connectivity index (χ2n) is 8.85. The summed E-state index contributed by atoms with van der Waals surface area (Å²) in [5.41, 5.74) is 3.69. The summed E-state index contributed by atoms with van der Waals surface area (Å²) in [6.45, 7) is 9.47. The second-order valence-corrected chi connectivity index (χ2v) is 11.9. The van der Waals surface area contributed by atoms with Crippen LogP contribution in [0.25, 0.3) is 11.2 Å². The number of hydrogen-bond acceptors (Lipinski definition) is 12. The maximum Gasteiger partial charge on any atom is 0.233 e. The van der Waals surface area contributed by atoms with Crippen LogP contribution in [0.1, 0.15) is 47.3 Å². The molecule has 2 N–H and O–H groups in total. The van der Waals surface area contributed by atoms with Crippen LogP contribution >= 0.6 is 11.3 Å². The van der Waals surface area contributed by atoms with Crippen molar-refractivity contribution in [3.05, 3.63) is 76.8 Å². The first-order chi connectivity index (χ1) is 20.7. The number of ether oxygens (including phenoxy) is 1. The van der Waals surface area contributed by atoms with Gasteiger partial charge < -0.3 is 14.6 Å². The van der Waals surface area contributed by atoms with E-state index in [9.17, 15) is 13.2 Å². The molecule has 5 rings (SSSR count). The van der Waals surface area contributed by atoms with E-state index in [1.807, 2.05) is 37.5 Å². The fraction of sp³-hybridized carbons (Fsp3) is 0.310. The quantitative estimate of drug-likeness (QED) is 0.195. The monoisotopic (exact) mass is 624 g/mol. The molecule has 4 heterocycles. The Kier molecular flexibility index (Phi) is 12.2. The Morgan fingerprint density at radius 2 is 1.70 bits per heavy atom. The summed E-state index contributed by atoms with van der Waals surface area (Å²) in [5.74, 6) is 0.824. The Morgan fingerprint density at radius 3 is 2.28 bits per heavy atom. The lowest BCUT2D eigenvalue weighted by atomic mass is 10.2. The Bertz CT molecular complexity index is 1720. The van der Waals surface area contributed by atoms with Crippen LogP contribution in [0.3, 0.4) is 0 Å². The number of sulfone groups is 1. The van der Waals surface area contributed by atoms with E-state index in [4.69, 9.17) is 0 Å². The molecule has 0 aliphatic carbocycles. The van der Waals surface area contributed by atoms with Gasteiger partial charge in [-0.25, -0.2) is 18.4 Å². The molecule has 0 saturated carbocycles. The Labute approximate surface area is 255 Å². The van der Waals surface area contributed by atoms with Crippen LogP contribution in [0, 0.1) is 6.92 Å². The highest BCUT2D eigenvalue weighted by molar-refractivity contribution is 7.90. The molecule has 43 heavy (non-hydrogen) atoms. The summed E-state index contributed by atoms with van der Waals surface area (Å²) in [7, 11) is -1.60. The number of nitrogens with one attached hydrogen (secondary N) is 2. The first-order valence-electron chi connectivity index (χ1n) is 13.5. The van der Waals surface area contributed by atoms with E-state index in [0.29, 0.717) is 51.7 Å². The Morgan fingerprint density at radius 1 is 1.02 bits per heavy atom. The smallest absolute Gasteiger partial charge is 0.233 e. The standard InChI is InChI=1S/C24H22N8O3S2.C3H8O.C2H6/c1-15-19(13-33)36-24(28-15)31-23-29-21(26-11-16-7-9-25-10-8-16)20-22(30-23)32(14-27-20)12-17-3-5-18(6-4-17)37(2,34)35;1-3-4-2;1-2/h3-10,13-14H,11-12H2,1-2H3,(H2,26,28,29,30,31);3H2,1-2H3;1-2H3. The van der Waals surface area contributed by atoms with Crippen molar-refractivity contribution in [1.29, 1.82) is 0 Å². The minimum absolute atomic E-state index is 0.261. The number of hydrogen-bond donors (Lipinski definition) is 2. The number of pyridine rings is 1. The molecule has 0 atom stereocenters. The molecule has 0 saturated heterocycles.